The van der Waals surface area contributed by atoms with Gasteiger partial charge >= 0.3 is 6.18 Å². The molecule has 2 heterocycles. The van der Waals surface area contributed by atoms with E-state index in [4.69, 9.17) is 5.73 Å². The molecule has 2 aromatic rings. The fourth-order valence-electron chi connectivity index (χ4n) is 4.69. The summed E-state index contributed by atoms with van der Waals surface area (Å²) in [6, 6.07) is 1.47. The van der Waals surface area contributed by atoms with Gasteiger partial charge in [-0.05, 0) is 43.9 Å². The van der Waals surface area contributed by atoms with E-state index in [0.29, 0.717) is 37.0 Å². The first-order chi connectivity index (χ1) is 15.5. The van der Waals surface area contributed by atoms with Gasteiger partial charge in [0.25, 0.3) is 0 Å². The van der Waals surface area contributed by atoms with Gasteiger partial charge in [0.1, 0.15) is 12.4 Å². The number of nitrogens with one attached hydrogen (secondary N) is 1. The van der Waals surface area contributed by atoms with Gasteiger partial charge in [0.05, 0.1) is 23.2 Å². The molecule has 1 aliphatic heterocycles. The van der Waals surface area contributed by atoms with Crippen molar-refractivity contribution in [3.63, 3.8) is 0 Å². The number of nitrogens with two attached hydrogens (primary N) is 1. The van der Waals surface area contributed by atoms with E-state index >= 15 is 0 Å². The van der Waals surface area contributed by atoms with Crippen LogP contribution in [0.25, 0.3) is 10.9 Å². The largest absolute Gasteiger partial charge is 0.427 e. The minimum absolute atomic E-state index is 0.0131. The Morgan fingerprint density at radius 1 is 1.30 bits per heavy atom. The van der Waals surface area contributed by atoms with Gasteiger partial charge in [0.15, 0.2) is 5.49 Å². The summed E-state index contributed by atoms with van der Waals surface area (Å²) >= 11 is 0. The van der Waals surface area contributed by atoms with Crippen molar-refractivity contribution in [3.05, 3.63) is 35.6 Å². The quantitative estimate of drug-likeness (QED) is 0.586. The van der Waals surface area contributed by atoms with Crippen molar-refractivity contribution in [3.8, 4) is 0 Å². The summed E-state index contributed by atoms with van der Waals surface area (Å²) in [5.74, 6) is -0.474. The SMILES string of the molecule is CC(=O)N[C@@H]1C[C@H](N)CC[C@@H]1N1CCC(N=c2ncn(O)c3ccc(C(F)(F)F)cc23)C1=O. The Morgan fingerprint density at radius 3 is 2.76 bits per heavy atom. The lowest BCUT2D eigenvalue weighted by atomic mass is 9.86. The molecule has 1 aromatic heterocycles. The minimum Gasteiger partial charge on any atom is -0.427 e. The van der Waals surface area contributed by atoms with Crippen molar-refractivity contribution in [2.45, 2.75) is 63.0 Å². The summed E-state index contributed by atoms with van der Waals surface area (Å²) in [6.45, 7) is 1.82. The standard InChI is InChI=1S/C21H25F3N6O3/c1-11(31)27-16-9-13(25)3-5-18(16)29-7-6-15(20(29)32)28-19-14-8-12(21(22,23)24)2-4-17(14)30(33)10-26-19/h2,4,8,10,13,15-16,18,33H,3,5-7,9,25H2,1H3,(H,27,31)/t13-,15?,16-,18+/m1/s1. The highest BCUT2D eigenvalue weighted by molar-refractivity contribution is 5.85. The van der Waals surface area contributed by atoms with Crippen molar-refractivity contribution in [1.82, 2.24) is 19.9 Å². The molecular weight excluding hydrogens is 441 g/mol. The first kappa shape index (κ1) is 23.0. The van der Waals surface area contributed by atoms with Crippen LogP contribution in [-0.2, 0) is 15.8 Å². The van der Waals surface area contributed by atoms with E-state index in [0.717, 1.165) is 24.5 Å². The summed E-state index contributed by atoms with van der Waals surface area (Å²) < 4.78 is 40.2. The zero-order valence-electron chi connectivity index (χ0n) is 17.9. The number of rotatable bonds is 3. The summed E-state index contributed by atoms with van der Waals surface area (Å²) in [5.41, 5.74) is 5.18. The predicted octanol–water partition coefficient (Wildman–Crippen LogP) is 1.18. The summed E-state index contributed by atoms with van der Waals surface area (Å²) in [5, 5.41) is 12.8. The smallest absolute Gasteiger partial charge is 0.416 e. The van der Waals surface area contributed by atoms with Gasteiger partial charge in [-0.2, -0.15) is 17.9 Å². The normalized spacial score (nSPS) is 26.8. The highest BCUT2D eigenvalue weighted by Crippen LogP contribution is 2.31. The maximum Gasteiger partial charge on any atom is 0.416 e. The van der Waals surface area contributed by atoms with Crippen LogP contribution in [0.2, 0.25) is 0 Å². The third kappa shape index (κ3) is 4.65. The lowest BCUT2D eigenvalue weighted by Gasteiger charge is -2.40. The maximum atomic E-state index is 13.2. The number of alkyl halides is 3. The Morgan fingerprint density at radius 2 is 2.06 bits per heavy atom. The van der Waals surface area contributed by atoms with Gasteiger partial charge in [-0.15, -0.1) is 0 Å². The number of benzene rings is 1. The molecule has 2 aliphatic rings. The minimum atomic E-state index is -4.58. The molecule has 1 saturated heterocycles. The van der Waals surface area contributed by atoms with Gasteiger partial charge in [0.2, 0.25) is 11.8 Å². The van der Waals surface area contributed by atoms with Crippen molar-refractivity contribution in [1.29, 1.82) is 0 Å². The molecule has 0 spiro atoms. The van der Waals surface area contributed by atoms with Crippen LogP contribution >= 0.6 is 0 Å². The number of fused-ring (bicyclic) bond motifs is 1. The van der Waals surface area contributed by atoms with Gasteiger partial charge in [-0.1, -0.05) is 0 Å². The van der Waals surface area contributed by atoms with Gasteiger partial charge in [0, 0.05) is 24.9 Å². The zero-order chi connectivity index (χ0) is 23.9. The van der Waals surface area contributed by atoms with E-state index in [-0.39, 0.29) is 46.3 Å². The Labute approximate surface area is 187 Å². The van der Waals surface area contributed by atoms with E-state index in [2.05, 4.69) is 15.3 Å². The van der Waals surface area contributed by atoms with Crippen LogP contribution < -0.4 is 16.5 Å². The van der Waals surface area contributed by atoms with Crippen LogP contribution in [0.15, 0.2) is 29.5 Å². The number of hydrogen-bond donors (Lipinski definition) is 3. The Kier molecular flexibility index (Phi) is 6.04. The summed E-state index contributed by atoms with van der Waals surface area (Å²) in [7, 11) is 0. The Bertz CT molecular complexity index is 1150. The highest BCUT2D eigenvalue weighted by atomic mass is 19.4. The number of halogens is 3. The molecule has 2 amide bonds. The summed E-state index contributed by atoms with van der Waals surface area (Å²) in [6.07, 6.45) is -1.28. The molecule has 9 nitrogen and oxygen atoms in total. The molecule has 4 rings (SSSR count). The van der Waals surface area contributed by atoms with Gasteiger partial charge in [-0.3, -0.25) is 14.6 Å². The molecule has 1 aliphatic carbocycles. The average Bonchev–Trinajstić information content (AvgIpc) is 3.09. The van der Waals surface area contributed by atoms with Crippen LogP contribution in [0.5, 0.6) is 0 Å². The van der Waals surface area contributed by atoms with E-state index in [1.165, 1.54) is 6.92 Å². The highest BCUT2D eigenvalue weighted by Gasteiger charge is 2.41. The third-order valence-corrected chi connectivity index (χ3v) is 6.23. The molecule has 1 aromatic carbocycles. The number of likely N-dealkylation sites (tertiary alicyclic amines) is 1. The molecule has 1 unspecified atom stereocenters. The molecule has 0 radical (unpaired) electrons. The molecular formula is C21H25F3N6O3. The van der Waals surface area contributed by atoms with Crippen molar-refractivity contribution in [2.24, 2.45) is 10.7 Å². The summed E-state index contributed by atoms with van der Waals surface area (Å²) in [4.78, 5) is 34.8. The molecule has 2 fully saturated rings. The van der Waals surface area contributed by atoms with Crippen LogP contribution in [0.1, 0.15) is 38.2 Å². The van der Waals surface area contributed by atoms with Gasteiger partial charge < -0.3 is 21.2 Å². The first-order valence-corrected chi connectivity index (χ1v) is 10.7. The second kappa shape index (κ2) is 8.65. The zero-order valence-corrected chi connectivity index (χ0v) is 17.9. The number of carbonyl (C=O) groups is 2. The molecule has 1 saturated carbocycles. The Balaban J connectivity index is 1.66. The monoisotopic (exact) mass is 466 g/mol. The maximum absolute atomic E-state index is 13.2. The van der Waals surface area contributed by atoms with Crippen LogP contribution in [-0.4, -0.2) is 62.3 Å². The topological polar surface area (TPSA) is 126 Å². The second-order valence-corrected chi connectivity index (χ2v) is 8.56. The molecule has 33 heavy (non-hydrogen) atoms. The second-order valence-electron chi connectivity index (χ2n) is 8.56. The first-order valence-electron chi connectivity index (χ1n) is 10.7. The molecule has 4 atom stereocenters. The van der Waals surface area contributed by atoms with E-state index in [1.54, 1.807) is 4.90 Å². The number of hydrogen-bond acceptors (Lipinski definition) is 6. The number of amides is 2. The average molecular weight is 466 g/mol. The number of nitrogens with zero attached hydrogens (tertiary/aromatic N) is 4. The van der Waals surface area contributed by atoms with Crippen LogP contribution in [0.3, 0.4) is 0 Å². The van der Waals surface area contributed by atoms with Gasteiger partial charge in [-0.25, -0.2) is 4.98 Å². The number of aromatic nitrogens is 2. The van der Waals surface area contributed by atoms with Crippen LogP contribution in [0.4, 0.5) is 13.2 Å². The number of carbonyl (C=O) groups excluding carboxylic acids is 2. The fraction of sp³-hybridized carbons (Fsp3) is 0.524. The molecule has 4 N–H and O–H groups in total. The lowest BCUT2D eigenvalue weighted by Crippen LogP contribution is -2.57. The fourth-order valence-corrected chi connectivity index (χ4v) is 4.69. The molecule has 178 valence electrons. The van der Waals surface area contributed by atoms with E-state index in [1.807, 2.05) is 0 Å². The van der Waals surface area contributed by atoms with Crippen LogP contribution in [0, 0.1) is 0 Å². The van der Waals surface area contributed by atoms with E-state index in [9.17, 15) is 28.0 Å². The Hall–Kier alpha value is -3.15. The van der Waals surface area contributed by atoms with Crippen molar-refractivity contribution in [2.75, 3.05) is 6.54 Å². The van der Waals surface area contributed by atoms with Crippen molar-refractivity contribution < 1.29 is 28.0 Å². The van der Waals surface area contributed by atoms with E-state index < -0.39 is 17.8 Å². The predicted molar refractivity (Wildman–Crippen MR) is 111 cm³/mol. The molecule has 12 heteroatoms. The third-order valence-electron chi connectivity index (χ3n) is 6.23. The molecule has 0 bridgehead atoms. The van der Waals surface area contributed by atoms with Crippen molar-refractivity contribution >= 4 is 22.7 Å². The lowest BCUT2D eigenvalue weighted by molar-refractivity contribution is -0.137.